The highest BCUT2D eigenvalue weighted by atomic mass is 16.4. The normalized spacial score (nSPS) is 22.8. The Labute approximate surface area is 108 Å². The van der Waals surface area contributed by atoms with Crippen molar-refractivity contribution in [2.45, 2.75) is 51.1 Å². The van der Waals surface area contributed by atoms with Gasteiger partial charge in [-0.05, 0) is 38.8 Å². The van der Waals surface area contributed by atoms with Crippen LogP contribution in [0.25, 0.3) is 0 Å². The summed E-state index contributed by atoms with van der Waals surface area (Å²) in [5.41, 5.74) is 1.18. The number of piperidine rings is 1. The summed E-state index contributed by atoms with van der Waals surface area (Å²) in [4.78, 5) is 13.1. The van der Waals surface area contributed by atoms with Gasteiger partial charge in [0.2, 0.25) is 0 Å². The van der Waals surface area contributed by atoms with E-state index in [1.807, 2.05) is 6.07 Å². The first-order valence-electron chi connectivity index (χ1n) is 6.68. The maximum atomic E-state index is 10.7. The molecular weight excluding hydrogens is 230 g/mol. The van der Waals surface area contributed by atoms with E-state index in [0.717, 1.165) is 19.4 Å². The van der Waals surface area contributed by atoms with E-state index in [9.17, 15) is 4.79 Å². The van der Waals surface area contributed by atoms with Gasteiger partial charge >= 0.3 is 5.97 Å². The van der Waals surface area contributed by atoms with E-state index in [4.69, 9.17) is 9.52 Å². The molecule has 4 nitrogen and oxygen atoms in total. The molecule has 0 spiro atoms. The summed E-state index contributed by atoms with van der Waals surface area (Å²) in [5, 5.41) is 8.82. The van der Waals surface area contributed by atoms with Crippen LogP contribution in [0.1, 0.15) is 50.6 Å². The molecule has 2 unspecified atom stereocenters. The standard InChI is InChI=1S/C14H21NO3/c1-11(12-7-9-18-10-12)15-8-3-2-4-13(15)5-6-14(16)17/h7,9-11,13H,2-6,8H2,1H3,(H,16,17). The fourth-order valence-electron chi connectivity index (χ4n) is 2.84. The molecule has 1 aliphatic rings. The van der Waals surface area contributed by atoms with Crippen molar-refractivity contribution in [1.29, 1.82) is 0 Å². The van der Waals surface area contributed by atoms with E-state index in [-0.39, 0.29) is 6.42 Å². The predicted octanol–water partition coefficient (Wildman–Crippen LogP) is 3.06. The Hall–Kier alpha value is -1.29. The van der Waals surface area contributed by atoms with Crippen molar-refractivity contribution in [3.05, 3.63) is 24.2 Å². The van der Waals surface area contributed by atoms with Gasteiger partial charge in [0.05, 0.1) is 12.5 Å². The minimum absolute atomic E-state index is 0.263. The summed E-state index contributed by atoms with van der Waals surface area (Å²) in [6, 6.07) is 2.69. The molecule has 2 heterocycles. The summed E-state index contributed by atoms with van der Waals surface area (Å²) in [5.74, 6) is -0.698. The zero-order chi connectivity index (χ0) is 13.0. The van der Waals surface area contributed by atoms with Gasteiger partial charge in [-0.15, -0.1) is 0 Å². The zero-order valence-electron chi connectivity index (χ0n) is 10.8. The highest BCUT2D eigenvalue weighted by molar-refractivity contribution is 5.66. The van der Waals surface area contributed by atoms with Crippen molar-refractivity contribution in [2.75, 3.05) is 6.54 Å². The van der Waals surface area contributed by atoms with Gasteiger partial charge in [-0.1, -0.05) is 6.42 Å². The highest BCUT2D eigenvalue weighted by Gasteiger charge is 2.27. The van der Waals surface area contributed by atoms with Gasteiger partial charge in [0.1, 0.15) is 0 Å². The van der Waals surface area contributed by atoms with Crippen LogP contribution in [-0.4, -0.2) is 28.6 Å². The molecule has 1 aromatic heterocycles. The third-order valence-electron chi connectivity index (χ3n) is 3.89. The van der Waals surface area contributed by atoms with Gasteiger partial charge in [-0.2, -0.15) is 0 Å². The van der Waals surface area contributed by atoms with Crippen LogP contribution in [0.2, 0.25) is 0 Å². The number of nitrogens with zero attached hydrogens (tertiary/aromatic N) is 1. The lowest BCUT2D eigenvalue weighted by Gasteiger charge is -2.39. The summed E-state index contributed by atoms with van der Waals surface area (Å²) >= 11 is 0. The second-order valence-electron chi connectivity index (χ2n) is 5.05. The molecule has 0 aliphatic carbocycles. The minimum Gasteiger partial charge on any atom is -0.481 e. The van der Waals surface area contributed by atoms with E-state index in [2.05, 4.69) is 11.8 Å². The molecule has 0 amide bonds. The number of furan rings is 1. The average molecular weight is 251 g/mol. The lowest BCUT2D eigenvalue weighted by molar-refractivity contribution is -0.137. The van der Waals surface area contributed by atoms with Crippen LogP contribution in [0, 0.1) is 0 Å². The second-order valence-corrected chi connectivity index (χ2v) is 5.05. The van der Waals surface area contributed by atoms with E-state index in [1.165, 1.54) is 18.4 Å². The van der Waals surface area contributed by atoms with Crippen molar-refractivity contribution < 1.29 is 14.3 Å². The maximum Gasteiger partial charge on any atom is 0.303 e. The average Bonchev–Trinajstić information content (AvgIpc) is 2.89. The number of carboxylic acids is 1. The monoisotopic (exact) mass is 251 g/mol. The van der Waals surface area contributed by atoms with Gasteiger partial charge < -0.3 is 9.52 Å². The molecule has 4 heteroatoms. The maximum absolute atomic E-state index is 10.7. The van der Waals surface area contributed by atoms with Crippen LogP contribution in [0.4, 0.5) is 0 Å². The number of hydrogen-bond donors (Lipinski definition) is 1. The predicted molar refractivity (Wildman–Crippen MR) is 68.3 cm³/mol. The van der Waals surface area contributed by atoms with E-state index >= 15 is 0 Å². The molecule has 100 valence electrons. The Balaban J connectivity index is 2.00. The molecule has 2 atom stereocenters. The Morgan fingerprint density at radius 1 is 1.61 bits per heavy atom. The Bertz CT molecular complexity index is 374. The molecule has 0 saturated carbocycles. The molecule has 1 saturated heterocycles. The molecular formula is C14H21NO3. The second kappa shape index (κ2) is 6.05. The van der Waals surface area contributed by atoms with Gasteiger partial charge in [0, 0.05) is 24.1 Å². The lowest BCUT2D eigenvalue weighted by atomic mass is 9.95. The van der Waals surface area contributed by atoms with Crippen LogP contribution in [0.5, 0.6) is 0 Å². The fraction of sp³-hybridized carbons (Fsp3) is 0.643. The molecule has 1 N–H and O–H groups in total. The number of aliphatic carboxylic acids is 1. The SMILES string of the molecule is CC(c1ccoc1)N1CCCCC1CCC(=O)O. The lowest BCUT2D eigenvalue weighted by Crippen LogP contribution is -2.41. The van der Waals surface area contributed by atoms with E-state index < -0.39 is 5.97 Å². The first kappa shape index (κ1) is 13.1. The molecule has 1 aromatic rings. The van der Waals surface area contributed by atoms with Crippen molar-refractivity contribution in [2.24, 2.45) is 0 Å². The molecule has 1 aliphatic heterocycles. The van der Waals surface area contributed by atoms with Crippen LogP contribution in [0.15, 0.2) is 23.0 Å². The Kier molecular flexibility index (Phi) is 4.42. The molecule has 18 heavy (non-hydrogen) atoms. The van der Waals surface area contributed by atoms with Gasteiger partial charge in [-0.3, -0.25) is 9.69 Å². The number of likely N-dealkylation sites (tertiary alicyclic amines) is 1. The number of carbonyl (C=O) groups is 1. The molecule has 2 rings (SSSR count). The highest BCUT2D eigenvalue weighted by Crippen LogP contribution is 2.30. The van der Waals surface area contributed by atoms with Crippen molar-refractivity contribution >= 4 is 5.97 Å². The largest absolute Gasteiger partial charge is 0.481 e. The van der Waals surface area contributed by atoms with Crippen LogP contribution in [0.3, 0.4) is 0 Å². The van der Waals surface area contributed by atoms with E-state index in [0.29, 0.717) is 12.1 Å². The first-order chi connectivity index (χ1) is 8.68. The summed E-state index contributed by atoms with van der Waals surface area (Å²) in [6.45, 7) is 3.22. The number of hydrogen-bond acceptors (Lipinski definition) is 3. The van der Waals surface area contributed by atoms with Crippen LogP contribution >= 0.6 is 0 Å². The van der Waals surface area contributed by atoms with Crippen LogP contribution in [-0.2, 0) is 4.79 Å². The minimum atomic E-state index is -0.698. The quantitative estimate of drug-likeness (QED) is 0.873. The summed E-state index contributed by atoms with van der Waals surface area (Å²) in [7, 11) is 0. The molecule has 0 aromatic carbocycles. The van der Waals surface area contributed by atoms with Crippen molar-refractivity contribution in [3.63, 3.8) is 0 Å². The fourth-order valence-corrected chi connectivity index (χ4v) is 2.84. The topological polar surface area (TPSA) is 53.7 Å². The van der Waals surface area contributed by atoms with Crippen molar-refractivity contribution in [1.82, 2.24) is 4.90 Å². The zero-order valence-corrected chi connectivity index (χ0v) is 10.8. The van der Waals surface area contributed by atoms with Gasteiger partial charge in [0.25, 0.3) is 0 Å². The Morgan fingerprint density at radius 3 is 3.11 bits per heavy atom. The Morgan fingerprint density at radius 2 is 2.44 bits per heavy atom. The first-order valence-corrected chi connectivity index (χ1v) is 6.68. The third kappa shape index (κ3) is 3.13. The smallest absolute Gasteiger partial charge is 0.303 e. The number of rotatable bonds is 5. The van der Waals surface area contributed by atoms with Gasteiger partial charge in [0.15, 0.2) is 0 Å². The third-order valence-corrected chi connectivity index (χ3v) is 3.89. The van der Waals surface area contributed by atoms with Crippen LogP contribution < -0.4 is 0 Å². The molecule has 1 fully saturated rings. The van der Waals surface area contributed by atoms with Crippen molar-refractivity contribution in [3.8, 4) is 0 Å². The summed E-state index contributed by atoms with van der Waals surface area (Å²) < 4.78 is 5.14. The summed E-state index contributed by atoms with van der Waals surface area (Å²) in [6.07, 6.45) is 8.01. The van der Waals surface area contributed by atoms with Gasteiger partial charge in [-0.25, -0.2) is 0 Å². The molecule has 0 bridgehead atoms. The molecule has 0 radical (unpaired) electrons. The number of carboxylic acid groups (broad SMARTS) is 1. The van der Waals surface area contributed by atoms with E-state index in [1.54, 1.807) is 12.5 Å².